The first-order chi connectivity index (χ1) is 6.76. The minimum Gasteiger partial charge on any atom is -0.444 e. The van der Waals surface area contributed by atoms with Crippen LogP contribution in [0.3, 0.4) is 0 Å². The zero-order chi connectivity index (χ0) is 10.4. The van der Waals surface area contributed by atoms with Crippen LogP contribution < -0.4 is 5.32 Å². The lowest BCUT2D eigenvalue weighted by Crippen LogP contribution is -2.16. The number of aryl methyl sites for hydroxylation is 1. The number of hydrogen-bond acceptors (Lipinski definition) is 3. The van der Waals surface area contributed by atoms with Crippen molar-refractivity contribution in [3.8, 4) is 0 Å². The van der Waals surface area contributed by atoms with Gasteiger partial charge in [0.05, 0.1) is 12.7 Å². The van der Waals surface area contributed by atoms with Crippen LogP contribution >= 0.6 is 0 Å². The van der Waals surface area contributed by atoms with Gasteiger partial charge in [0.1, 0.15) is 5.76 Å². The van der Waals surface area contributed by atoms with Crippen LogP contribution in [0.4, 0.5) is 0 Å². The predicted octanol–water partition coefficient (Wildman–Crippen LogP) is 2.29. The third kappa shape index (κ3) is 3.34. The largest absolute Gasteiger partial charge is 0.444 e. The Morgan fingerprint density at radius 3 is 2.93 bits per heavy atom. The molecule has 0 saturated carbocycles. The van der Waals surface area contributed by atoms with Gasteiger partial charge in [-0.1, -0.05) is 26.0 Å². The van der Waals surface area contributed by atoms with E-state index in [1.54, 1.807) is 6.20 Å². The zero-order valence-corrected chi connectivity index (χ0v) is 8.97. The number of rotatable bonds is 6. The van der Waals surface area contributed by atoms with E-state index in [2.05, 4.69) is 30.7 Å². The molecule has 0 atom stereocenters. The van der Waals surface area contributed by atoms with E-state index in [4.69, 9.17) is 4.42 Å². The van der Waals surface area contributed by atoms with Crippen LogP contribution in [0.25, 0.3) is 0 Å². The van der Waals surface area contributed by atoms with Gasteiger partial charge in [0.25, 0.3) is 0 Å². The maximum atomic E-state index is 5.44. The Morgan fingerprint density at radius 2 is 2.36 bits per heavy atom. The van der Waals surface area contributed by atoms with Crippen LogP contribution in [0.15, 0.2) is 22.8 Å². The molecule has 1 aromatic rings. The van der Waals surface area contributed by atoms with E-state index in [9.17, 15) is 0 Å². The highest BCUT2D eigenvalue weighted by Gasteiger charge is 2.01. The number of hydrogen-bond donors (Lipinski definition) is 1. The first-order valence-corrected chi connectivity index (χ1v) is 5.07. The number of oxazole rings is 1. The van der Waals surface area contributed by atoms with Crippen molar-refractivity contribution in [2.75, 3.05) is 6.54 Å². The molecule has 0 unspecified atom stereocenters. The molecule has 0 saturated heterocycles. The van der Waals surface area contributed by atoms with Gasteiger partial charge < -0.3 is 9.73 Å². The maximum absolute atomic E-state index is 5.44. The molecule has 0 aliphatic rings. The minimum absolute atomic E-state index is 0.680. The second-order valence-corrected chi connectivity index (χ2v) is 3.28. The molecule has 0 aliphatic carbocycles. The summed E-state index contributed by atoms with van der Waals surface area (Å²) in [6, 6.07) is 0. The molecule has 0 spiro atoms. The zero-order valence-electron chi connectivity index (χ0n) is 8.97. The molecule has 0 bridgehead atoms. The molecule has 3 heteroatoms. The first kappa shape index (κ1) is 11.0. The van der Waals surface area contributed by atoms with Crippen molar-refractivity contribution < 1.29 is 4.42 Å². The fraction of sp³-hybridized carbons (Fsp3) is 0.545. The van der Waals surface area contributed by atoms with Gasteiger partial charge in [-0.15, -0.1) is 0 Å². The molecule has 0 amide bonds. The average molecular weight is 194 g/mol. The van der Waals surface area contributed by atoms with E-state index in [0.717, 1.165) is 31.0 Å². The Hall–Kier alpha value is -1.09. The van der Waals surface area contributed by atoms with Gasteiger partial charge in [0, 0.05) is 13.0 Å². The Labute approximate surface area is 85.2 Å². The molecule has 1 heterocycles. The van der Waals surface area contributed by atoms with Crippen LogP contribution in [0, 0.1) is 0 Å². The summed E-state index contributed by atoms with van der Waals surface area (Å²) >= 11 is 0. The van der Waals surface area contributed by atoms with Gasteiger partial charge in [0.15, 0.2) is 0 Å². The number of aromatic nitrogens is 1. The molecule has 0 radical (unpaired) electrons. The highest BCUT2D eigenvalue weighted by molar-refractivity contribution is 4.97. The lowest BCUT2D eigenvalue weighted by atomic mass is 10.2. The summed E-state index contributed by atoms with van der Waals surface area (Å²) in [5.41, 5.74) is 1.20. The van der Waals surface area contributed by atoms with Gasteiger partial charge in [0.2, 0.25) is 5.89 Å². The van der Waals surface area contributed by atoms with Crippen LogP contribution in [0.1, 0.15) is 31.9 Å². The fourth-order valence-electron chi connectivity index (χ4n) is 1.06. The summed E-state index contributed by atoms with van der Waals surface area (Å²) in [4.78, 5) is 4.15. The molecule has 3 nitrogen and oxygen atoms in total. The maximum Gasteiger partial charge on any atom is 0.208 e. The molecule has 14 heavy (non-hydrogen) atoms. The molecular formula is C11H18N2O. The highest BCUT2D eigenvalue weighted by atomic mass is 16.4. The SMILES string of the molecule is C=C(CC)CNCc1ncc(CC)o1. The number of nitrogens with one attached hydrogen (secondary N) is 1. The normalized spacial score (nSPS) is 10.4. The third-order valence-corrected chi connectivity index (χ3v) is 2.10. The lowest BCUT2D eigenvalue weighted by molar-refractivity contribution is 0.443. The van der Waals surface area contributed by atoms with Crippen molar-refractivity contribution in [1.82, 2.24) is 10.3 Å². The summed E-state index contributed by atoms with van der Waals surface area (Å²) < 4.78 is 5.44. The quantitative estimate of drug-likeness (QED) is 0.706. The second-order valence-electron chi connectivity index (χ2n) is 3.28. The van der Waals surface area contributed by atoms with Crippen molar-refractivity contribution in [2.24, 2.45) is 0 Å². The van der Waals surface area contributed by atoms with E-state index < -0.39 is 0 Å². The summed E-state index contributed by atoms with van der Waals surface area (Å²) in [7, 11) is 0. The van der Waals surface area contributed by atoms with Crippen LogP contribution in [-0.2, 0) is 13.0 Å². The van der Waals surface area contributed by atoms with Crippen molar-refractivity contribution >= 4 is 0 Å². The fourth-order valence-corrected chi connectivity index (χ4v) is 1.06. The summed E-state index contributed by atoms with van der Waals surface area (Å²) in [6.45, 7) is 9.58. The molecule has 1 aromatic heterocycles. The first-order valence-electron chi connectivity index (χ1n) is 5.07. The van der Waals surface area contributed by atoms with Crippen molar-refractivity contribution in [3.05, 3.63) is 30.0 Å². The van der Waals surface area contributed by atoms with E-state index in [-0.39, 0.29) is 0 Å². The number of nitrogens with zero attached hydrogens (tertiary/aromatic N) is 1. The molecule has 1 rings (SSSR count). The lowest BCUT2D eigenvalue weighted by Gasteiger charge is -2.02. The van der Waals surface area contributed by atoms with Crippen LogP contribution in [0.5, 0.6) is 0 Å². The Bertz CT molecular complexity index is 291. The van der Waals surface area contributed by atoms with Gasteiger partial charge >= 0.3 is 0 Å². The van der Waals surface area contributed by atoms with Crippen molar-refractivity contribution in [3.63, 3.8) is 0 Å². The predicted molar refractivity (Wildman–Crippen MR) is 57.0 cm³/mol. The Kier molecular flexibility index (Phi) is 4.40. The Balaban J connectivity index is 2.27. The van der Waals surface area contributed by atoms with E-state index in [0.29, 0.717) is 6.54 Å². The molecule has 1 N–H and O–H groups in total. The molecular weight excluding hydrogens is 176 g/mol. The third-order valence-electron chi connectivity index (χ3n) is 2.10. The summed E-state index contributed by atoms with van der Waals surface area (Å²) in [5, 5.41) is 3.23. The Morgan fingerprint density at radius 1 is 1.57 bits per heavy atom. The van der Waals surface area contributed by atoms with E-state index in [1.807, 2.05) is 0 Å². The van der Waals surface area contributed by atoms with Gasteiger partial charge in [-0.3, -0.25) is 0 Å². The molecule has 78 valence electrons. The van der Waals surface area contributed by atoms with Crippen molar-refractivity contribution in [2.45, 2.75) is 33.2 Å². The van der Waals surface area contributed by atoms with Gasteiger partial charge in [-0.2, -0.15) is 0 Å². The topological polar surface area (TPSA) is 38.1 Å². The van der Waals surface area contributed by atoms with Crippen molar-refractivity contribution in [1.29, 1.82) is 0 Å². The molecule has 0 aromatic carbocycles. The molecule has 0 fully saturated rings. The second kappa shape index (κ2) is 5.60. The summed E-state index contributed by atoms with van der Waals surface area (Å²) in [6.07, 6.45) is 3.69. The van der Waals surface area contributed by atoms with Crippen LogP contribution in [-0.4, -0.2) is 11.5 Å². The van der Waals surface area contributed by atoms with Gasteiger partial charge in [-0.25, -0.2) is 4.98 Å². The van der Waals surface area contributed by atoms with Crippen LogP contribution in [0.2, 0.25) is 0 Å². The highest BCUT2D eigenvalue weighted by Crippen LogP contribution is 2.03. The van der Waals surface area contributed by atoms with E-state index in [1.165, 1.54) is 5.57 Å². The summed E-state index contributed by atoms with van der Waals surface area (Å²) in [5.74, 6) is 1.70. The molecule has 0 aliphatic heterocycles. The standard InChI is InChI=1S/C11H18N2O/c1-4-9(3)6-12-8-11-13-7-10(5-2)14-11/h7,12H,3-6,8H2,1-2H3. The smallest absolute Gasteiger partial charge is 0.208 e. The minimum atomic E-state index is 0.680. The van der Waals surface area contributed by atoms with Gasteiger partial charge in [-0.05, 0) is 6.42 Å². The monoisotopic (exact) mass is 194 g/mol. The average Bonchev–Trinajstić information content (AvgIpc) is 2.65. The van der Waals surface area contributed by atoms with E-state index >= 15 is 0 Å².